The highest BCUT2D eigenvalue weighted by atomic mass is 32.2. The molecule has 0 atom stereocenters. The highest BCUT2D eigenvalue weighted by molar-refractivity contribution is 7.99. The number of aromatic nitrogens is 1. The predicted molar refractivity (Wildman–Crippen MR) is 63.6 cm³/mol. The molecule has 0 radical (unpaired) electrons. The van der Waals surface area contributed by atoms with Gasteiger partial charge in [0.15, 0.2) is 5.78 Å². The van der Waals surface area contributed by atoms with E-state index >= 15 is 0 Å². The Morgan fingerprint density at radius 2 is 2.27 bits per heavy atom. The number of thiophene rings is 1. The second-order valence-electron chi connectivity index (χ2n) is 2.86. The fraction of sp³-hybridized carbons (Fsp3) is 0.0909. The molecule has 76 valence electrons. The zero-order chi connectivity index (χ0) is 10.5. The molecule has 0 bridgehead atoms. The van der Waals surface area contributed by atoms with Crippen molar-refractivity contribution in [3.63, 3.8) is 0 Å². The third-order valence-electron chi connectivity index (χ3n) is 1.78. The van der Waals surface area contributed by atoms with Crippen LogP contribution in [0.15, 0.2) is 46.9 Å². The maximum absolute atomic E-state index is 11.6. The summed E-state index contributed by atoms with van der Waals surface area (Å²) in [7, 11) is 0. The van der Waals surface area contributed by atoms with Crippen molar-refractivity contribution in [3.05, 3.63) is 46.8 Å². The first-order chi connectivity index (χ1) is 7.36. The molecule has 15 heavy (non-hydrogen) atoms. The van der Waals surface area contributed by atoms with Gasteiger partial charge in [0.25, 0.3) is 0 Å². The van der Waals surface area contributed by atoms with Gasteiger partial charge in [-0.15, -0.1) is 11.3 Å². The maximum atomic E-state index is 11.6. The van der Waals surface area contributed by atoms with Crippen LogP contribution in [0, 0.1) is 0 Å². The molecule has 0 aliphatic rings. The molecule has 0 unspecified atom stereocenters. The number of Topliss-reactive ketones (excluding diaryl/α,β-unsaturated/α-hetero) is 1. The average molecular weight is 235 g/mol. The van der Waals surface area contributed by atoms with Crippen LogP contribution in [0.3, 0.4) is 0 Å². The molecule has 0 spiro atoms. The zero-order valence-corrected chi connectivity index (χ0v) is 9.55. The molecule has 0 saturated heterocycles. The van der Waals surface area contributed by atoms with E-state index in [9.17, 15) is 4.79 Å². The van der Waals surface area contributed by atoms with Crippen LogP contribution in [0.1, 0.15) is 9.67 Å². The van der Waals surface area contributed by atoms with Crippen molar-refractivity contribution in [3.8, 4) is 0 Å². The first kappa shape index (κ1) is 10.4. The van der Waals surface area contributed by atoms with Crippen molar-refractivity contribution >= 4 is 28.9 Å². The van der Waals surface area contributed by atoms with Gasteiger partial charge in [0, 0.05) is 6.20 Å². The van der Waals surface area contributed by atoms with Crippen molar-refractivity contribution in [2.45, 2.75) is 5.03 Å². The minimum atomic E-state index is 0.167. The van der Waals surface area contributed by atoms with Gasteiger partial charge in [-0.25, -0.2) is 4.98 Å². The highest BCUT2D eigenvalue weighted by Gasteiger charge is 2.07. The summed E-state index contributed by atoms with van der Waals surface area (Å²) >= 11 is 2.96. The summed E-state index contributed by atoms with van der Waals surface area (Å²) in [5.74, 6) is 0.623. The highest BCUT2D eigenvalue weighted by Crippen LogP contribution is 2.18. The van der Waals surface area contributed by atoms with Crippen molar-refractivity contribution in [2.75, 3.05) is 5.75 Å². The number of rotatable bonds is 4. The van der Waals surface area contributed by atoms with E-state index in [4.69, 9.17) is 0 Å². The van der Waals surface area contributed by atoms with E-state index in [1.54, 1.807) is 6.20 Å². The van der Waals surface area contributed by atoms with Crippen LogP contribution in [0.25, 0.3) is 0 Å². The topological polar surface area (TPSA) is 30.0 Å². The molecule has 0 N–H and O–H groups in total. The second-order valence-corrected chi connectivity index (χ2v) is 4.80. The molecule has 0 aliphatic heterocycles. The van der Waals surface area contributed by atoms with Gasteiger partial charge in [0.1, 0.15) is 0 Å². The van der Waals surface area contributed by atoms with E-state index in [2.05, 4.69) is 4.98 Å². The molecule has 0 aliphatic carbocycles. The van der Waals surface area contributed by atoms with Crippen LogP contribution >= 0.6 is 23.1 Å². The second kappa shape index (κ2) is 5.09. The number of hydrogen-bond donors (Lipinski definition) is 0. The van der Waals surface area contributed by atoms with E-state index in [0.717, 1.165) is 9.90 Å². The van der Waals surface area contributed by atoms with E-state index in [-0.39, 0.29) is 5.78 Å². The molecule has 0 amide bonds. The molecule has 0 aromatic carbocycles. The number of thioether (sulfide) groups is 1. The fourth-order valence-electron chi connectivity index (χ4n) is 1.08. The largest absolute Gasteiger partial charge is 0.292 e. The van der Waals surface area contributed by atoms with Gasteiger partial charge in [-0.05, 0) is 23.6 Å². The average Bonchev–Trinajstić information content (AvgIpc) is 2.81. The van der Waals surface area contributed by atoms with Crippen molar-refractivity contribution in [1.29, 1.82) is 0 Å². The lowest BCUT2D eigenvalue weighted by Crippen LogP contribution is -1.99. The Morgan fingerprint density at radius 1 is 1.33 bits per heavy atom. The van der Waals surface area contributed by atoms with Crippen LogP contribution < -0.4 is 0 Å². The summed E-state index contributed by atoms with van der Waals surface area (Å²) in [6.45, 7) is 0. The molecule has 0 saturated carbocycles. The Hall–Kier alpha value is -1.13. The summed E-state index contributed by atoms with van der Waals surface area (Å²) in [4.78, 5) is 16.6. The fourth-order valence-corrected chi connectivity index (χ4v) is 2.58. The van der Waals surface area contributed by atoms with Gasteiger partial charge >= 0.3 is 0 Å². The molecule has 2 rings (SSSR count). The van der Waals surface area contributed by atoms with Crippen LogP contribution in [-0.2, 0) is 0 Å². The van der Waals surface area contributed by atoms with Gasteiger partial charge < -0.3 is 0 Å². The van der Waals surface area contributed by atoms with Crippen LogP contribution in [0.5, 0.6) is 0 Å². The monoisotopic (exact) mass is 235 g/mol. The Kier molecular flexibility index (Phi) is 3.53. The Bertz CT molecular complexity index is 425. The Labute approximate surface area is 96.4 Å². The van der Waals surface area contributed by atoms with Gasteiger partial charge in [-0.2, -0.15) is 0 Å². The SMILES string of the molecule is O=C(CSc1ccccn1)c1cccs1. The molecule has 0 fully saturated rings. The van der Waals surface area contributed by atoms with Gasteiger partial charge in [0.05, 0.1) is 15.7 Å². The molecular formula is C11H9NOS2. The summed E-state index contributed by atoms with van der Waals surface area (Å²) in [6, 6.07) is 9.44. The number of carbonyl (C=O) groups excluding carboxylic acids is 1. The normalized spacial score (nSPS) is 10.1. The molecular weight excluding hydrogens is 226 g/mol. The minimum Gasteiger partial charge on any atom is -0.292 e. The quantitative estimate of drug-likeness (QED) is 0.602. The minimum absolute atomic E-state index is 0.167. The third kappa shape index (κ3) is 2.91. The molecule has 2 heterocycles. The Balaban J connectivity index is 1.92. The molecule has 2 aromatic rings. The first-order valence-electron chi connectivity index (χ1n) is 4.47. The smallest absolute Gasteiger partial charge is 0.183 e. The molecule has 2 aromatic heterocycles. The predicted octanol–water partition coefficient (Wildman–Crippen LogP) is 3.12. The van der Waals surface area contributed by atoms with Crippen LogP contribution in [-0.4, -0.2) is 16.5 Å². The summed E-state index contributed by atoms with van der Waals surface area (Å²) in [5, 5.41) is 2.81. The number of nitrogens with zero attached hydrogens (tertiary/aromatic N) is 1. The van der Waals surface area contributed by atoms with Crippen molar-refractivity contribution in [1.82, 2.24) is 4.98 Å². The molecule has 4 heteroatoms. The van der Waals surface area contributed by atoms with Crippen molar-refractivity contribution in [2.24, 2.45) is 0 Å². The van der Waals surface area contributed by atoms with Gasteiger partial charge in [-0.3, -0.25) is 4.79 Å². The van der Waals surface area contributed by atoms with E-state index in [0.29, 0.717) is 5.75 Å². The maximum Gasteiger partial charge on any atom is 0.183 e. The summed E-state index contributed by atoms with van der Waals surface area (Å²) in [5.41, 5.74) is 0. The number of ketones is 1. The summed E-state index contributed by atoms with van der Waals surface area (Å²) in [6.07, 6.45) is 1.73. The standard InChI is InChI=1S/C11H9NOS2/c13-9(10-4-3-7-14-10)8-15-11-5-1-2-6-12-11/h1-7H,8H2. The summed E-state index contributed by atoms with van der Waals surface area (Å²) < 4.78 is 0. The van der Waals surface area contributed by atoms with Gasteiger partial charge in [0.2, 0.25) is 0 Å². The third-order valence-corrected chi connectivity index (χ3v) is 3.64. The number of carbonyl (C=O) groups is 1. The lowest BCUT2D eigenvalue weighted by atomic mass is 10.4. The Morgan fingerprint density at radius 3 is 2.93 bits per heavy atom. The van der Waals surface area contributed by atoms with Crippen molar-refractivity contribution < 1.29 is 4.79 Å². The van der Waals surface area contributed by atoms with Crippen LogP contribution in [0.2, 0.25) is 0 Å². The lowest BCUT2D eigenvalue weighted by molar-refractivity contribution is 0.102. The van der Waals surface area contributed by atoms with E-state index in [1.807, 2.05) is 35.7 Å². The van der Waals surface area contributed by atoms with E-state index in [1.165, 1.54) is 23.1 Å². The van der Waals surface area contributed by atoms with Gasteiger partial charge in [-0.1, -0.05) is 23.9 Å². The number of pyridine rings is 1. The number of hydrogen-bond acceptors (Lipinski definition) is 4. The lowest BCUT2D eigenvalue weighted by Gasteiger charge is -1.97. The zero-order valence-electron chi connectivity index (χ0n) is 7.92. The van der Waals surface area contributed by atoms with Crippen LogP contribution in [0.4, 0.5) is 0 Å². The first-order valence-corrected chi connectivity index (χ1v) is 6.33. The van der Waals surface area contributed by atoms with E-state index < -0.39 is 0 Å². The molecule has 2 nitrogen and oxygen atoms in total.